The van der Waals surface area contributed by atoms with E-state index in [9.17, 15) is 15.2 Å². The van der Waals surface area contributed by atoms with E-state index in [-0.39, 0.29) is 24.1 Å². The number of nitrogens with one attached hydrogen (secondary N) is 1. The summed E-state index contributed by atoms with van der Waals surface area (Å²) in [6.45, 7) is 1.39. The van der Waals surface area contributed by atoms with E-state index in [1.807, 2.05) is 47.4 Å². The maximum atomic E-state index is 13.9. The predicted molar refractivity (Wildman–Crippen MR) is 183 cm³/mol. The molecule has 12 nitrogen and oxygen atoms in total. The van der Waals surface area contributed by atoms with Gasteiger partial charge in [0.2, 0.25) is 11.9 Å². The number of carbonyl (C=O) groups excluding carboxylic acids is 1. The number of carbonyl (C=O) groups is 1. The van der Waals surface area contributed by atoms with Crippen molar-refractivity contribution in [1.29, 1.82) is 5.26 Å². The van der Waals surface area contributed by atoms with Gasteiger partial charge in [0.25, 0.3) is 0 Å². The summed E-state index contributed by atoms with van der Waals surface area (Å²) in [5.41, 5.74) is 3.22. The smallest absolute Gasteiger partial charge is 0.316 e. The molecule has 4 heterocycles. The number of methoxy groups -OCH3 is 1. The Bertz CT molecular complexity index is 1690. The fourth-order valence-corrected chi connectivity index (χ4v) is 6.52. The second-order valence-corrected chi connectivity index (χ2v) is 12.4. The highest BCUT2D eigenvalue weighted by atomic mass is 16.5. The van der Waals surface area contributed by atoms with E-state index in [0.717, 1.165) is 61.8 Å². The van der Waals surface area contributed by atoms with Gasteiger partial charge in [-0.1, -0.05) is 30.3 Å². The van der Waals surface area contributed by atoms with Crippen LogP contribution in [0.25, 0.3) is 11.1 Å². The molecule has 248 valence electrons. The van der Waals surface area contributed by atoms with Gasteiger partial charge in [-0.15, -0.1) is 0 Å². The molecule has 1 saturated carbocycles. The van der Waals surface area contributed by atoms with Crippen LogP contribution in [-0.2, 0) is 11.2 Å². The lowest BCUT2D eigenvalue weighted by Crippen LogP contribution is -2.45. The zero-order valence-electron chi connectivity index (χ0n) is 27.2. The molecular formula is C36H41N9O3. The van der Waals surface area contributed by atoms with E-state index in [1.54, 1.807) is 24.8 Å². The Balaban J connectivity index is 1.15. The van der Waals surface area contributed by atoms with Crippen LogP contribution in [-0.4, -0.2) is 74.3 Å². The minimum absolute atomic E-state index is 0.00466. The number of benzene rings is 1. The quantitative estimate of drug-likeness (QED) is 0.240. The van der Waals surface area contributed by atoms with Gasteiger partial charge in [0, 0.05) is 61.3 Å². The van der Waals surface area contributed by atoms with Crippen molar-refractivity contribution in [2.24, 2.45) is 0 Å². The molecule has 48 heavy (non-hydrogen) atoms. The van der Waals surface area contributed by atoms with Gasteiger partial charge in [-0.05, 0) is 69.1 Å². The van der Waals surface area contributed by atoms with Gasteiger partial charge in [-0.25, -0.2) is 19.9 Å². The topological polar surface area (TPSA) is 153 Å². The summed E-state index contributed by atoms with van der Waals surface area (Å²) in [5, 5.41) is 23.3. The number of pyridine rings is 1. The molecular weight excluding hydrogens is 606 g/mol. The first kappa shape index (κ1) is 32.8. The molecule has 1 aliphatic heterocycles. The number of nitrogens with zero attached hydrogens (tertiary/aromatic N) is 8. The average Bonchev–Trinajstić information content (AvgIpc) is 3.36. The zero-order chi connectivity index (χ0) is 33.3. The van der Waals surface area contributed by atoms with Crippen LogP contribution in [0.5, 0.6) is 6.01 Å². The summed E-state index contributed by atoms with van der Waals surface area (Å²) in [4.78, 5) is 40.2. The molecule has 1 aliphatic carbocycles. The van der Waals surface area contributed by atoms with Crippen molar-refractivity contribution in [3.63, 3.8) is 0 Å². The first-order valence-electron chi connectivity index (χ1n) is 16.7. The molecule has 3 aromatic heterocycles. The van der Waals surface area contributed by atoms with Gasteiger partial charge in [0.1, 0.15) is 17.5 Å². The number of hydrogen-bond acceptors (Lipinski definition) is 11. The first-order chi connectivity index (χ1) is 23.5. The Kier molecular flexibility index (Phi) is 10.7. The second kappa shape index (κ2) is 15.6. The molecule has 1 amide bonds. The van der Waals surface area contributed by atoms with Crippen molar-refractivity contribution in [3.05, 3.63) is 78.4 Å². The maximum absolute atomic E-state index is 13.9. The summed E-state index contributed by atoms with van der Waals surface area (Å²) in [6.07, 6.45) is 12.9. The van der Waals surface area contributed by atoms with E-state index >= 15 is 0 Å². The lowest BCUT2D eigenvalue weighted by molar-refractivity contribution is -0.119. The Hall–Kier alpha value is -5.15. The number of nitriles is 1. The predicted octanol–water partition coefficient (Wildman–Crippen LogP) is 4.95. The molecule has 2 fully saturated rings. The molecule has 0 bridgehead atoms. The average molecular weight is 648 g/mol. The van der Waals surface area contributed by atoms with Crippen molar-refractivity contribution in [2.45, 2.75) is 76.0 Å². The van der Waals surface area contributed by atoms with E-state index in [1.165, 1.54) is 7.11 Å². The molecule has 1 saturated heterocycles. The molecule has 6 rings (SSSR count). The lowest BCUT2D eigenvalue weighted by atomic mass is 9.89. The van der Waals surface area contributed by atoms with Crippen LogP contribution < -0.4 is 19.9 Å². The van der Waals surface area contributed by atoms with Crippen LogP contribution in [0, 0.1) is 11.3 Å². The number of anilines is 3. The third-order valence-corrected chi connectivity index (χ3v) is 9.16. The van der Waals surface area contributed by atoms with Crippen molar-refractivity contribution in [2.75, 3.05) is 35.3 Å². The number of aliphatic hydroxyl groups excluding tert-OH is 1. The fourth-order valence-electron chi connectivity index (χ4n) is 6.52. The van der Waals surface area contributed by atoms with Gasteiger partial charge in [0.05, 0.1) is 19.4 Å². The summed E-state index contributed by atoms with van der Waals surface area (Å²) in [7, 11) is 1.53. The van der Waals surface area contributed by atoms with Gasteiger partial charge >= 0.3 is 6.01 Å². The molecule has 12 heteroatoms. The monoisotopic (exact) mass is 647 g/mol. The Morgan fingerprint density at radius 2 is 1.73 bits per heavy atom. The molecule has 2 N–H and O–H groups in total. The van der Waals surface area contributed by atoms with Crippen molar-refractivity contribution >= 4 is 23.5 Å². The van der Waals surface area contributed by atoms with Gasteiger partial charge in [-0.2, -0.15) is 10.2 Å². The van der Waals surface area contributed by atoms with E-state index in [4.69, 9.17) is 14.7 Å². The number of amides is 1. The summed E-state index contributed by atoms with van der Waals surface area (Å²) in [6, 6.07) is 16.6. The standard InChI is InChI=1S/C36H41N9O3/c1-48-36-40-23-28(24-41-36)26-10-15-32(38-21-26)45(33(47)16-9-25-6-3-2-4-7-25)30-13-11-29(12-14-30)42-35-39-22-27(20-37)34(43-35)44-18-5-8-31(46)17-19-44/h2-4,6-7,10,15,21-24,29-31,46H,5,8-9,11-14,16-19H2,1H3,(H,39,42,43). The highest BCUT2D eigenvalue weighted by molar-refractivity contribution is 5.93. The van der Waals surface area contributed by atoms with E-state index in [0.29, 0.717) is 55.0 Å². The zero-order valence-corrected chi connectivity index (χ0v) is 27.2. The number of aryl methyl sites for hydroxylation is 1. The van der Waals surface area contributed by atoms with Crippen LogP contribution in [0.2, 0.25) is 0 Å². The van der Waals surface area contributed by atoms with Crippen LogP contribution in [0.3, 0.4) is 0 Å². The van der Waals surface area contributed by atoms with E-state index in [2.05, 4.69) is 31.2 Å². The summed E-state index contributed by atoms with van der Waals surface area (Å²) >= 11 is 0. The normalized spacial score (nSPS) is 19.5. The highest BCUT2D eigenvalue weighted by Gasteiger charge is 2.31. The van der Waals surface area contributed by atoms with Gasteiger partial charge in [0.15, 0.2) is 5.82 Å². The third kappa shape index (κ3) is 8.04. The minimum atomic E-state index is -0.323. The lowest BCUT2D eigenvalue weighted by Gasteiger charge is -2.37. The largest absolute Gasteiger partial charge is 0.467 e. The molecule has 1 aromatic carbocycles. The molecule has 2 aliphatic rings. The van der Waals surface area contributed by atoms with Gasteiger partial charge in [-0.3, -0.25) is 9.69 Å². The molecule has 0 spiro atoms. The van der Waals surface area contributed by atoms with Crippen LogP contribution in [0.4, 0.5) is 17.6 Å². The van der Waals surface area contributed by atoms with Crippen molar-refractivity contribution in [1.82, 2.24) is 24.9 Å². The number of aliphatic hydroxyl groups is 1. The third-order valence-electron chi connectivity index (χ3n) is 9.16. The summed E-state index contributed by atoms with van der Waals surface area (Å²) in [5.74, 6) is 1.78. The maximum Gasteiger partial charge on any atom is 0.316 e. The first-order valence-corrected chi connectivity index (χ1v) is 16.7. The summed E-state index contributed by atoms with van der Waals surface area (Å²) < 4.78 is 5.08. The highest BCUT2D eigenvalue weighted by Crippen LogP contribution is 2.31. The SMILES string of the molecule is COc1ncc(-c2ccc(N(C(=O)CCc3ccccc3)C3CCC(Nc4ncc(C#N)c(N5CCCC(O)CC5)n4)CC3)nc2)cn1. The Morgan fingerprint density at radius 1 is 0.958 bits per heavy atom. The molecule has 1 atom stereocenters. The van der Waals surface area contributed by atoms with Crippen molar-refractivity contribution in [3.8, 4) is 23.2 Å². The van der Waals surface area contributed by atoms with Crippen molar-refractivity contribution < 1.29 is 14.6 Å². The molecule has 1 unspecified atom stereocenters. The fraction of sp³-hybridized carbons (Fsp3) is 0.417. The Morgan fingerprint density at radius 3 is 2.44 bits per heavy atom. The van der Waals surface area contributed by atoms with Gasteiger partial charge < -0.3 is 20.1 Å². The number of rotatable bonds is 10. The number of ether oxygens (including phenoxy) is 1. The van der Waals surface area contributed by atoms with Crippen LogP contribution in [0.15, 0.2) is 67.3 Å². The van der Waals surface area contributed by atoms with Crippen LogP contribution in [0.1, 0.15) is 62.5 Å². The molecule has 0 radical (unpaired) electrons. The molecule has 4 aromatic rings. The van der Waals surface area contributed by atoms with Crippen LogP contribution >= 0.6 is 0 Å². The second-order valence-electron chi connectivity index (χ2n) is 12.4. The number of aromatic nitrogens is 5. The Labute approximate surface area is 280 Å². The number of hydrogen-bond donors (Lipinski definition) is 2. The minimum Gasteiger partial charge on any atom is -0.467 e. The van der Waals surface area contributed by atoms with E-state index < -0.39 is 0 Å².